The highest BCUT2D eigenvalue weighted by atomic mass is 79.9. The molecule has 0 saturated heterocycles. The minimum atomic E-state index is -1.31. The fraction of sp³-hybridized carbons (Fsp3) is 0.545. The number of alkyl halides is 1. The third kappa shape index (κ3) is 3.87. The molecule has 1 rings (SSSR count). The molecule has 2 N–H and O–H groups in total. The van der Waals surface area contributed by atoms with Gasteiger partial charge in [-0.25, -0.2) is 4.39 Å². The molecule has 15 heavy (non-hydrogen) atoms. The van der Waals surface area contributed by atoms with Crippen molar-refractivity contribution in [3.63, 3.8) is 0 Å². The molecule has 1 aromatic rings. The van der Waals surface area contributed by atoms with Crippen LogP contribution in [-0.2, 0) is 6.42 Å². The second kappa shape index (κ2) is 5.56. The van der Waals surface area contributed by atoms with Gasteiger partial charge in [-0.15, -0.1) is 0 Å². The lowest BCUT2D eigenvalue weighted by Gasteiger charge is -2.22. The maximum absolute atomic E-state index is 14.1. The van der Waals surface area contributed by atoms with Gasteiger partial charge in [0.1, 0.15) is 5.67 Å². The first-order valence-corrected chi connectivity index (χ1v) is 5.88. The van der Waals surface area contributed by atoms with Crippen molar-refractivity contribution in [2.75, 3.05) is 6.54 Å². The van der Waals surface area contributed by atoms with Gasteiger partial charge in [-0.1, -0.05) is 13.3 Å². The fourth-order valence-electron chi connectivity index (χ4n) is 1.55. The first-order chi connectivity index (χ1) is 7.09. The number of hydrogen-bond donors (Lipinski definition) is 1. The molecule has 1 heterocycles. The molecule has 1 atom stereocenters. The molecule has 0 fully saturated rings. The Morgan fingerprint density at radius 3 is 2.73 bits per heavy atom. The summed E-state index contributed by atoms with van der Waals surface area (Å²) in [5.41, 5.74) is 4.90. The van der Waals surface area contributed by atoms with Crippen molar-refractivity contribution in [1.29, 1.82) is 0 Å². The summed E-state index contributed by atoms with van der Waals surface area (Å²) in [5.74, 6) is 0. The molecule has 0 amide bonds. The molecular weight excluding hydrogens is 259 g/mol. The van der Waals surface area contributed by atoms with E-state index in [2.05, 4.69) is 20.9 Å². The summed E-state index contributed by atoms with van der Waals surface area (Å²) in [6, 6.07) is 3.69. The molecule has 0 aliphatic carbocycles. The molecule has 84 valence electrons. The van der Waals surface area contributed by atoms with Crippen LogP contribution in [0.15, 0.2) is 22.8 Å². The minimum Gasteiger partial charge on any atom is -0.328 e. The molecule has 0 bridgehead atoms. The Kier molecular flexibility index (Phi) is 4.67. The van der Waals surface area contributed by atoms with Gasteiger partial charge in [-0.3, -0.25) is 4.98 Å². The summed E-state index contributed by atoms with van der Waals surface area (Å²) in [6.07, 6.45) is 3.26. The van der Waals surface area contributed by atoms with Gasteiger partial charge in [0.15, 0.2) is 0 Å². The molecule has 0 radical (unpaired) electrons. The highest BCUT2D eigenvalue weighted by molar-refractivity contribution is 9.10. The van der Waals surface area contributed by atoms with Crippen LogP contribution >= 0.6 is 15.9 Å². The Hall–Kier alpha value is -0.480. The largest absolute Gasteiger partial charge is 0.328 e. The van der Waals surface area contributed by atoms with Crippen molar-refractivity contribution in [3.05, 3.63) is 28.5 Å². The first kappa shape index (κ1) is 12.6. The van der Waals surface area contributed by atoms with E-state index < -0.39 is 5.67 Å². The van der Waals surface area contributed by atoms with Crippen LogP contribution < -0.4 is 5.73 Å². The van der Waals surface area contributed by atoms with E-state index in [9.17, 15) is 4.39 Å². The summed E-state index contributed by atoms with van der Waals surface area (Å²) < 4.78 is 15.0. The van der Waals surface area contributed by atoms with Crippen LogP contribution in [0.2, 0.25) is 0 Å². The van der Waals surface area contributed by atoms with E-state index in [4.69, 9.17) is 5.73 Å². The summed E-state index contributed by atoms with van der Waals surface area (Å²) in [4.78, 5) is 4.15. The van der Waals surface area contributed by atoms with Gasteiger partial charge in [0.2, 0.25) is 0 Å². The number of nitrogens with zero attached hydrogens (tertiary/aromatic N) is 1. The summed E-state index contributed by atoms with van der Waals surface area (Å²) >= 11 is 3.29. The van der Waals surface area contributed by atoms with Crippen LogP contribution in [0.3, 0.4) is 0 Å². The molecule has 2 nitrogen and oxygen atoms in total. The zero-order chi connectivity index (χ0) is 11.3. The Morgan fingerprint density at radius 2 is 2.27 bits per heavy atom. The van der Waals surface area contributed by atoms with E-state index in [-0.39, 0.29) is 6.54 Å². The number of rotatable bonds is 5. The third-order valence-electron chi connectivity index (χ3n) is 2.35. The number of nitrogens with two attached hydrogens (primary N) is 1. The van der Waals surface area contributed by atoms with Gasteiger partial charge < -0.3 is 5.73 Å². The van der Waals surface area contributed by atoms with E-state index in [1.165, 1.54) is 0 Å². The number of pyridine rings is 1. The number of aromatic nitrogens is 1. The van der Waals surface area contributed by atoms with Crippen LogP contribution in [0.1, 0.15) is 25.5 Å². The van der Waals surface area contributed by atoms with Crippen LogP contribution in [0.5, 0.6) is 0 Å². The predicted molar refractivity (Wildman–Crippen MR) is 63.4 cm³/mol. The Bertz CT molecular complexity index is 302. The normalized spacial score (nSPS) is 14.9. The zero-order valence-electron chi connectivity index (χ0n) is 8.84. The van der Waals surface area contributed by atoms with Gasteiger partial charge in [0, 0.05) is 29.3 Å². The Morgan fingerprint density at radius 1 is 1.53 bits per heavy atom. The molecule has 1 aromatic heterocycles. The standard InChI is InChI=1S/C11H16BrFN2/c1-2-5-11(13,8-14)6-10-4-3-9(12)7-15-10/h3-4,7H,2,5-6,8,14H2,1H3. The smallest absolute Gasteiger partial charge is 0.128 e. The molecule has 0 spiro atoms. The van der Waals surface area contributed by atoms with E-state index in [0.717, 1.165) is 16.6 Å². The molecule has 0 aromatic carbocycles. The topological polar surface area (TPSA) is 38.9 Å². The van der Waals surface area contributed by atoms with E-state index in [1.54, 1.807) is 6.20 Å². The SMILES string of the molecule is CCCC(F)(CN)Cc1ccc(Br)cn1. The quantitative estimate of drug-likeness (QED) is 0.897. The van der Waals surface area contributed by atoms with Gasteiger partial charge in [-0.2, -0.15) is 0 Å². The maximum atomic E-state index is 14.1. The van der Waals surface area contributed by atoms with Gasteiger partial charge in [0.05, 0.1) is 0 Å². The van der Waals surface area contributed by atoms with Gasteiger partial charge >= 0.3 is 0 Å². The number of halogens is 2. The maximum Gasteiger partial charge on any atom is 0.128 e. The summed E-state index contributed by atoms with van der Waals surface area (Å²) in [7, 11) is 0. The van der Waals surface area contributed by atoms with Crippen LogP contribution in [-0.4, -0.2) is 17.2 Å². The van der Waals surface area contributed by atoms with E-state index >= 15 is 0 Å². The Labute approximate surface area is 98.2 Å². The van der Waals surface area contributed by atoms with Gasteiger partial charge in [-0.05, 0) is 34.5 Å². The third-order valence-corrected chi connectivity index (χ3v) is 2.82. The van der Waals surface area contributed by atoms with E-state index in [1.807, 2.05) is 19.1 Å². The molecule has 0 saturated carbocycles. The van der Waals surface area contributed by atoms with Gasteiger partial charge in [0.25, 0.3) is 0 Å². The predicted octanol–water partition coefficient (Wildman–Crippen LogP) is 2.85. The molecule has 4 heteroatoms. The molecule has 0 aliphatic heterocycles. The summed E-state index contributed by atoms with van der Waals surface area (Å²) in [6.45, 7) is 2.01. The first-order valence-electron chi connectivity index (χ1n) is 5.09. The highest BCUT2D eigenvalue weighted by Crippen LogP contribution is 2.22. The number of hydrogen-bond acceptors (Lipinski definition) is 2. The lowest BCUT2D eigenvalue weighted by molar-refractivity contribution is 0.157. The zero-order valence-corrected chi connectivity index (χ0v) is 10.4. The molecule has 0 aliphatic rings. The highest BCUT2D eigenvalue weighted by Gasteiger charge is 2.27. The lowest BCUT2D eigenvalue weighted by Crippen LogP contribution is -2.35. The molecular formula is C11H16BrFN2. The lowest BCUT2D eigenvalue weighted by atomic mass is 9.94. The van der Waals surface area contributed by atoms with Crippen molar-refractivity contribution in [3.8, 4) is 0 Å². The average Bonchev–Trinajstić information content (AvgIpc) is 2.22. The van der Waals surface area contributed by atoms with Crippen molar-refractivity contribution >= 4 is 15.9 Å². The van der Waals surface area contributed by atoms with Crippen molar-refractivity contribution in [2.45, 2.75) is 31.9 Å². The monoisotopic (exact) mass is 274 g/mol. The van der Waals surface area contributed by atoms with Crippen LogP contribution in [0, 0.1) is 0 Å². The molecule has 1 unspecified atom stereocenters. The second-order valence-corrected chi connectivity index (χ2v) is 4.67. The second-order valence-electron chi connectivity index (χ2n) is 3.75. The summed E-state index contributed by atoms with van der Waals surface area (Å²) in [5, 5.41) is 0. The van der Waals surface area contributed by atoms with Crippen molar-refractivity contribution in [2.24, 2.45) is 5.73 Å². The Balaban J connectivity index is 2.70. The van der Waals surface area contributed by atoms with Crippen LogP contribution in [0.4, 0.5) is 4.39 Å². The van der Waals surface area contributed by atoms with Crippen molar-refractivity contribution < 1.29 is 4.39 Å². The minimum absolute atomic E-state index is 0.0542. The fourth-order valence-corrected chi connectivity index (χ4v) is 1.78. The van der Waals surface area contributed by atoms with E-state index in [0.29, 0.717) is 12.8 Å². The van der Waals surface area contributed by atoms with Crippen molar-refractivity contribution in [1.82, 2.24) is 4.98 Å². The van der Waals surface area contributed by atoms with Crippen LogP contribution in [0.25, 0.3) is 0 Å². The average molecular weight is 275 g/mol.